The second-order valence-corrected chi connectivity index (χ2v) is 11.2. The normalized spacial score (nSPS) is 20.1. The molecule has 10 nitrogen and oxygen atoms in total. The molecule has 1 aromatic heterocycles. The van der Waals surface area contributed by atoms with Crippen LogP contribution in [0, 0.1) is 0 Å². The van der Waals surface area contributed by atoms with Crippen molar-refractivity contribution in [3.05, 3.63) is 29.5 Å². The van der Waals surface area contributed by atoms with E-state index in [1.807, 2.05) is 6.92 Å². The van der Waals surface area contributed by atoms with Crippen LogP contribution in [0.2, 0.25) is 0 Å². The van der Waals surface area contributed by atoms with Gasteiger partial charge in [-0.25, -0.2) is 4.98 Å². The highest BCUT2D eigenvalue weighted by Crippen LogP contribution is 2.40. The van der Waals surface area contributed by atoms with Crippen LogP contribution in [0.1, 0.15) is 61.4 Å². The van der Waals surface area contributed by atoms with Gasteiger partial charge in [-0.3, -0.25) is 9.59 Å². The summed E-state index contributed by atoms with van der Waals surface area (Å²) in [6.07, 6.45) is 7.17. The molecule has 0 bridgehead atoms. The highest BCUT2D eigenvalue weighted by atomic mass is 19.3. The fraction of sp³-hybridized carbons (Fsp3) is 0.586. The Morgan fingerprint density at radius 3 is 2.51 bits per heavy atom. The summed E-state index contributed by atoms with van der Waals surface area (Å²) in [5.41, 5.74) is 2.09. The summed E-state index contributed by atoms with van der Waals surface area (Å²) in [6, 6.07) is 3.50. The van der Waals surface area contributed by atoms with Crippen LogP contribution in [0.4, 0.5) is 31.9 Å². The van der Waals surface area contributed by atoms with Crippen molar-refractivity contribution in [1.29, 1.82) is 0 Å². The van der Waals surface area contributed by atoms with Crippen molar-refractivity contribution in [2.75, 3.05) is 56.0 Å². The maximum Gasteiger partial charge on any atom is 0.342 e. The smallest absolute Gasteiger partial charge is 0.342 e. The van der Waals surface area contributed by atoms with Crippen LogP contribution in [0.5, 0.6) is 5.75 Å². The van der Waals surface area contributed by atoms with Gasteiger partial charge >= 0.3 is 5.92 Å². The number of hydrogen-bond acceptors (Lipinski definition) is 8. The zero-order chi connectivity index (χ0) is 29.3. The molecule has 0 radical (unpaired) electrons. The summed E-state index contributed by atoms with van der Waals surface area (Å²) in [7, 11) is 4.95. The first-order chi connectivity index (χ1) is 19.6. The van der Waals surface area contributed by atoms with Gasteiger partial charge in [-0.15, -0.1) is 0 Å². The summed E-state index contributed by atoms with van der Waals surface area (Å²) >= 11 is 0. The number of methoxy groups -OCH3 is 1. The standard InChI is InChI=1S/C29H39F2N7O3/c1-5-20-21(26(39)33-18-12-14-36(2)15-13-18)10-11-22(24(20)41-4)34-28-32-16-23-25(35-28)38(19-8-6-7-9-19)17-29(30,31)27(40)37(23)3/h10-11,16,18-19H,5-9,12-15,17H2,1-4H3,(H,33,39)(H,32,34,35). The van der Waals surface area contributed by atoms with Crippen molar-refractivity contribution in [2.45, 2.75) is 69.9 Å². The van der Waals surface area contributed by atoms with Gasteiger partial charge in [0.25, 0.3) is 11.8 Å². The molecule has 2 fully saturated rings. The molecule has 5 rings (SSSR count). The lowest BCUT2D eigenvalue weighted by molar-refractivity contribution is -0.140. The van der Waals surface area contributed by atoms with Gasteiger partial charge in [0.1, 0.15) is 11.4 Å². The minimum atomic E-state index is -3.55. The topological polar surface area (TPSA) is 103 Å². The molecular weight excluding hydrogens is 532 g/mol. The zero-order valence-corrected chi connectivity index (χ0v) is 24.2. The van der Waals surface area contributed by atoms with E-state index in [-0.39, 0.29) is 29.6 Å². The fourth-order valence-corrected chi connectivity index (χ4v) is 6.16. The monoisotopic (exact) mass is 571 g/mol. The van der Waals surface area contributed by atoms with Crippen molar-refractivity contribution in [1.82, 2.24) is 20.2 Å². The molecule has 1 aromatic carbocycles. The molecule has 3 aliphatic rings. The first-order valence-corrected chi connectivity index (χ1v) is 14.4. The van der Waals surface area contributed by atoms with Gasteiger partial charge in [0.2, 0.25) is 5.95 Å². The van der Waals surface area contributed by atoms with Crippen LogP contribution in [-0.2, 0) is 11.2 Å². The Balaban J connectivity index is 1.45. The molecule has 1 saturated carbocycles. The first kappa shape index (κ1) is 29.0. The van der Waals surface area contributed by atoms with E-state index in [0.29, 0.717) is 29.2 Å². The predicted molar refractivity (Wildman–Crippen MR) is 154 cm³/mol. The van der Waals surface area contributed by atoms with Gasteiger partial charge < -0.3 is 30.1 Å². The minimum absolute atomic E-state index is 0.125. The van der Waals surface area contributed by atoms with Gasteiger partial charge in [-0.2, -0.15) is 13.8 Å². The van der Waals surface area contributed by atoms with E-state index in [4.69, 9.17) is 4.74 Å². The summed E-state index contributed by atoms with van der Waals surface area (Å²) in [5, 5.41) is 6.35. The number of carbonyl (C=O) groups is 2. The minimum Gasteiger partial charge on any atom is -0.494 e. The maximum absolute atomic E-state index is 14.9. The number of likely N-dealkylation sites (tertiary alicyclic amines) is 1. The predicted octanol–water partition coefficient (Wildman–Crippen LogP) is 3.98. The van der Waals surface area contributed by atoms with Gasteiger partial charge in [0, 0.05) is 30.3 Å². The third-order valence-corrected chi connectivity index (χ3v) is 8.50. The molecule has 3 heterocycles. The number of nitrogens with one attached hydrogen (secondary N) is 2. The number of piperidine rings is 1. The number of halogens is 2. The lowest BCUT2D eigenvalue weighted by Crippen LogP contribution is -2.48. The van der Waals surface area contributed by atoms with Crippen LogP contribution in [0.15, 0.2) is 18.3 Å². The second-order valence-electron chi connectivity index (χ2n) is 11.2. The lowest BCUT2D eigenvalue weighted by atomic mass is 10.00. The van der Waals surface area contributed by atoms with Crippen molar-refractivity contribution in [2.24, 2.45) is 0 Å². The third kappa shape index (κ3) is 5.79. The molecule has 41 heavy (non-hydrogen) atoms. The zero-order valence-electron chi connectivity index (χ0n) is 24.2. The Hall–Kier alpha value is -3.54. The van der Waals surface area contributed by atoms with E-state index in [2.05, 4.69) is 32.5 Å². The van der Waals surface area contributed by atoms with Crippen molar-refractivity contribution >= 4 is 35.0 Å². The average molecular weight is 572 g/mol. The van der Waals surface area contributed by atoms with Crippen molar-refractivity contribution in [3.63, 3.8) is 0 Å². The number of rotatable bonds is 7. The van der Waals surface area contributed by atoms with E-state index < -0.39 is 18.4 Å². The SMILES string of the molecule is CCc1c(C(=O)NC2CCN(C)CC2)ccc(Nc2ncc3c(n2)N(C2CCCC2)CC(F)(F)C(=O)N3C)c1OC. The van der Waals surface area contributed by atoms with Crippen molar-refractivity contribution in [3.8, 4) is 5.75 Å². The van der Waals surface area contributed by atoms with E-state index >= 15 is 0 Å². The van der Waals surface area contributed by atoms with E-state index in [1.165, 1.54) is 13.2 Å². The Bertz CT molecular complexity index is 1290. The van der Waals surface area contributed by atoms with Gasteiger partial charge in [0.15, 0.2) is 5.82 Å². The summed E-state index contributed by atoms with van der Waals surface area (Å²) < 4.78 is 35.6. The number of ether oxygens (including phenoxy) is 1. The number of carbonyl (C=O) groups excluding carboxylic acids is 2. The molecule has 2 aliphatic heterocycles. The van der Waals surface area contributed by atoms with Crippen LogP contribution < -0.4 is 25.2 Å². The highest BCUT2D eigenvalue weighted by Gasteiger charge is 2.48. The molecule has 1 saturated heterocycles. The summed E-state index contributed by atoms with van der Waals surface area (Å²) in [6.45, 7) is 3.12. The van der Waals surface area contributed by atoms with Crippen LogP contribution >= 0.6 is 0 Å². The number of hydrogen-bond donors (Lipinski definition) is 2. The number of aromatic nitrogens is 2. The molecular formula is C29H39F2N7O3. The molecule has 2 amide bonds. The van der Waals surface area contributed by atoms with E-state index in [1.54, 1.807) is 24.1 Å². The van der Waals surface area contributed by atoms with Gasteiger partial charge in [-0.1, -0.05) is 19.8 Å². The Morgan fingerprint density at radius 1 is 1.15 bits per heavy atom. The first-order valence-electron chi connectivity index (χ1n) is 14.4. The van der Waals surface area contributed by atoms with E-state index in [9.17, 15) is 18.4 Å². The molecule has 2 N–H and O–H groups in total. The largest absolute Gasteiger partial charge is 0.494 e. The Kier molecular flexibility index (Phi) is 8.30. The molecule has 0 unspecified atom stereocenters. The maximum atomic E-state index is 14.9. The molecule has 0 atom stereocenters. The summed E-state index contributed by atoms with van der Waals surface area (Å²) in [5.74, 6) is -3.98. The average Bonchev–Trinajstić information content (AvgIpc) is 3.48. The van der Waals surface area contributed by atoms with Crippen molar-refractivity contribution < 1.29 is 23.1 Å². The van der Waals surface area contributed by atoms with Crippen LogP contribution in [0.25, 0.3) is 0 Å². The number of anilines is 4. The molecule has 2 aromatic rings. The molecule has 12 heteroatoms. The number of fused-ring (bicyclic) bond motifs is 1. The number of nitrogens with zero attached hydrogens (tertiary/aromatic N) is 5. The van der Waals surface area contributed by atoms with Gasteiger partial charge in [0.05, 0.1) is 25.5 Å². The van der Waals surface area contributed by atoms with Crippen LogP contribution in [0.3, 0.4) is 0 Å². The Labute approximate surface area is 239 Å². The molecule has 222 valence electrons. The second kappa shape index (κ2) is 11.8. The highest BCUT2D eigenvalue weighted by molar-refractivity contribution is 6.02. The number of alkyl halides is 2. The number of benzene rings is 1. The van der Waals surface area contributed by atoms with Gasteiger partial charge in [-0.05, 0) is 64.4 Å². The lowest BCUT2D eigenvalue weighted by Gasteiger charge is -2.31. The fourth-order valence-electron chi connectivity index (χ4n) is 6.16. The van der Waals surface area contributed by atoms with E-state index in [0.717, 1.165) is 62.1 Å². The van der Waals surface area contributed by atoms with Crippen LogP contribution in [-0.4, -0.2) is 85.5 Å². The molecule has 0 spiro atoms. The summed E-state index contributed by atoms with van der Waals surface area (Å²) in [4.78, 5) is 39.6. The quantitative estimate of drug-likeness (QED) is 0.515. The third-order valence-electron chi connectivity index (χ3n) is 8.50. The number of amides is 2. The molecule has 1 aliphatic carbocycles. The Morgan fingerprint density at radius 2 is 1.85 bits per heavy atom.